The van der Waals surface area contributed by atoms with Crippen molar-refractivity contribution >= 4 is 50.5 Å². The van der Waals surface area contributed by atoms with Gasteiger partial charge in [-0.3, -0.25) is 9.10 Å². The Morgan fingerprint density at radius 3 is 2.30 bits per heavy atom. The highest BCUT2D eigenvalue weighted by atomic mass is 35.5. The maximum absolute atomic E-state index is 13.3. The highest BCUT2D eigenvalue weighted by Crippen LogP contribution is 2.32. The van der Waals surface area contributed by atoms with Crippen molar-refractivity contribution in [2.45, 2.75) is 43.4 Å². The number of amides is 1. The van der Waals surface area contributed by atoms with Gasteiger partial charge in [0.25, 0.3) is 15.9 Å². The van der Waals surface area contributed by atoms with E-state index in [1.165, 1.54) is 30.3 Å². The van der Waals surface area contributed by atoms with Crippen molar-refractivity contribution in [2.75, 3.05) is 10.8 Å². The Labute approximate surface area is 186 Å². The maximum Gasteiger partial charge on any atom is 0.264 e. The van der Waals surface area contributed by atoms with Crippen LogP contribution in [0.2, 0.25) is 10.0 Å². The van der Waals surface area contributed by atoms with Crippen LogP contribution in [-0.4, -0.2) is 26.6 Å². The number of nitrogens with one attached hydrogen (secondary N) is 1. The lowest BCUT2D eigenvalue weighted by atomic mass is 10.2. The molecule has 0 aromatic heterocycles. The summed E-state index contributed by atoms with van der Waals surface area (Å²) in [5.41, 5.74) is 3.61. The third-order valence-corrected chi connectivity index (χ3v) is 7.13. The molecule has 0 bridgehead atoms. The lowest BCUT2D eigenvalue weighted by Gasteiger charge is -2.24. The summed E-state index contributed by atoms with van der Waals surface area (Å²) in [6.07, 6.45) is 6.09. The van der Waals surface area contributed by atoms with Gasteiger partial charge in [0.1, 0.15) is 6.54 Å². The van der Waals surface area contributed by atoms with E-state index in [4.69, 9.17) is 23.2 Å². The van der Waals surface area contributed by atoms with Crippen molar-refractivity contribution in [3.63, 3.8) is 0 Å². The summed E-state index contributed by atoms with van der Waals surface area (Å²) in [5.74, 6) is -0.544. The Morgan fingerprint density at radius 2 is 1.67 bits per heavy atom. The molecule has 0 aliphatic heterocycles. The number of halogens is 2. The van der Waals surface area contributed by atoms with Gasteiger partial charge < -0.3 is 0 Å². The van der Waals surface area contributed by atoms with E-state index in [1.54, 1.807) is 18.2 Å². The summed E-state index contributed by atoms with van der Waals surface area (Å²) < 4.78 is 27.5. The number of anilines is 1. The Bertz CT molecular complexity index is 1020. The molecular weight excluding hydrogens is 445 g/mol. The second kappa shape index (κ2) is 10.3. The van der Waals surface area contributed by atoms with Crippen LogP contribution in [0.4, 0.5) is 5.69 Å². The molecule has 1 saturated carbocycles. The largest absolute Gasteiger partial charge is 0.271 e. The summed E-state index contributed by atoms with van der Waals surface area (Å²) in [6, 6.07) is 12.3. The SMILES string of the molecule is O=C(CN(c1ccc(Cl)cc1Cl)S(=O)(=O)c1ccccc1)NN=C1CCCCCC1. The molecule has 1 aliphatic rings. The Kier molecular flexibility index (Phi) is 7.75. The first-order valence-electron chi connectivity index (χ1n) is 9.75. The topological polar surface area (TPSA) is 78.8 Å². The number of carbonyl (C=O) groups excluding carboxylic acids is 1. The lowest BCUT2D eigenvalue weighted by Crippen LogP contribution is -2.40. The first-order valence-corrected chi connectivity index (χ1v) is 11.9. The van der Waals surface area contributed by atoms with E-state index < -0.39 is 22.5 Å². The molecule has 0 radical (unpaired) electrons. The quantitative estimate of drug-likeness (QED) is 0.478. The van der Waals surface area contributed by atoms with E-state index in [1.807, 2.05) is 0 Å². The molecule has 0 unspecified atom stereocenters. The number of sulfonamides is 1. The molecule has 0 atom stereocenters. The molecule has 2 aromatic rings. The van der Waals surface area contributed by atoms with Crippen LogP contribution in [0.25, 0.3) is 0 Å². The van der Waals surface area contributed by atoms with Crippen LogP contribution in [-0.2, 0) is 14.8 Å². The summed E-state index contributed by atoms with van der Waals surface area (Å²) in [6.45, 7) is -0.463. The van der Waals surface area contributed by atoms with Crippen LogP contribution >= 0.6 is 23.2 Å². The fraction of sp³-hybridized carbons (Fsp3) is 0.333. The van der Waals surface area contributed by atoms with Gasteiger partial charge in [0, 0.05) is 10.7 Å². The smallest absolute Gasteiger partial charge is 0.264 e. The van der Waals surface area contributed by atoms with Gasteiger partial charge in [0.2, 0.25) is 0 Å². The Hall–Kier alpha value is -2.09. The summed E-state index contributed by atoms with van der Waals surface area (Å²) in [7, 11) is -4.04. The highest BCUT2D eigenvalue weighted by molar-refractivity contribution is 7.92. The summed E-state index contributed by atoms with van der Waals surface area (Å²) in [5, 5.41) is 4.72. The predicted octanol–water partition coefficient (Wildman–Crippen LogP) is 5.02. The second-order valence-corrected chi connectivity index (χ2v) is 9.75. The van der Waals surface area contributed by atoms with Crippen LogP contribution in [0.15, 0.2) is 58.5 Å². The van der Waals surface area contributed by atoms with Gasteiger partial charge in [-0.15, -0.1) is 0 Å². The predicted molar refractivity (Wildman–Crippen MR) is 121 cm³/mol. The van der Waals surface area contributed by atoms with E-state index in [0.717, 1.165) is 48.5 Å². The van der Waals surface area contributed by atoms with E-state index in [9.17, 15) is 13.2 Å². The standard InChI is InChI=1S/C21H23Cl2N3O3S/c22-16-12-13-20(19(23)14-16)26(30(28,29)18-10-6-3-7-11-18)15-21(27)25-24-17-8-4-1-2-5-9-17/h3,6-7,10-14H,1-2,4-5,8-9,15H2,(H,25,27). The molecule has 1 aliphatic carbocycles. The lowest BCUT2D eigenvalue weighted by molar-refractivity contribution is -0.119. The van der Waals surface area contributed by atoms with Gasteiger partial charge in [-0.2, -0.15) is 5.10 Å². The zero-order valence-electron chi connectivity index (χ0n) is 16.4. The number of hydrogen-bond donors (Lipinski definition) is 1. The van der Waals surface area contributed by atoms with Crippen molar-refractivity contribution in [2.24, 2.45) is 5.10 Å². The van der Waals surface area contributed by atoms with Gasteiger partial charge in [-0.25, -0.2) is 13.8 Å². The highest BCUT2D eigenvalue weighted by Gasteiger charge is 2.28. The Balaban J connectivity index is 1.88. The molecule has 1 amide bonds. The first-order chi connectivity index (χ1) is 14.4. The molecule has 160 valence electrons. The molecule has 0 saturated heterocycles. The molecular formula is C21H23Cl2N3O3S. The molecule has 1 fully saturated rings. The summed E-state index contributed by atoms with van der Waals surface area (Å²) in [4.78, 5) is 12.7. The van der Waals surface area contributed by atoms with E-state index in [-0.39, 0.29) is 15.6 Å². The molecule has 30 heavy (non-hydrogen) atoms. The number of hydrogen-bond acceptors (Lipinski definition) is 4. The van der Waals surface area contributed by atoms with Crippen molar-refractivity contribution in [3.05, 3.63) is 58.6 Å². The van der Waals surface area contributed by atoms with Gasteiger partial charge in [0.15, 0.2) is 0 Å². The van der Waals surface area contributed by atoms with Crippen LogP contribution < -0.4 is 9.73 Å². The van der Waals surface area contributed by atoms with Crippen LogP contribution in [0.3, 0.4) is 0 Å². The molecule has 6 nitrogen and oxygen atoms in total. The van der Waals surface area contributed by atoms with Gasteiger partial charge in [0.05, 0.1) is 15.6 Å². The zero-order valence-corrected chi connectivity index (χ0v) is 18.7. The van der Waals surface area contributed by atoms with Crippen LogP contribution in [0, 0.1) is 0 Å². The van der Waals surface area contributed by atoms with E-state index >= 15 is 0 Å². The number of nitrogens with zero attached hydrogens (tertiary/aromatic N) is 2. The van der Waals surface area contributed by atoms with Gasteiger partial charge in [-0.05, 0) is 56.0 Å². The van der Waals surface area contributed by atoms with Crippen molar-refractivity contribution in [1.82, 2.24) is 5.43 Å². The van der Waals surface area contributed by atoms with Crippen LogP contribution in [0.1, 0.15) is 38.5 Å². The monoisotopic (exact) mass is 467 g/mol. The molecule has 0 heterocycles. The third kappa shape index (κ3) is 5.74. The van der Waals surface area contributed by atoms with Gasteiger partial charge in [-0.1, -0.05) is 54.2 Å². The second-order valence-electron chi connectivity index (χ2n) is 7.05. The minimum Gasteiger partial charge on any atom is -0.271 e. The van der Waals surface area contributed by atoms with Crippen molar-refractivity contribution < 1.29 is 13.2 Å². The zero-order chi connectivity index (χ0) is 21.6. The fourth-order valence-electron chi connectivity index (χ4n) is 3.26. The number of benzene rings is 2. The summed E-state index contributed by atoms with van der Waals surface area (Å²) >= 11 is 12.2. The molecule has 1 N–H and O–H groups in total. The molecule has 0 spiro atoms. The average Bonchev–Trinajstić information content (AvgIpc) is 3.00. The fourth-order valence-corrected chi connectivity index (χ4v) is 5.28. The van der Waals surface area contributed by atoms with E-state index in [0.29, 0.717) is 5.02 Å². The molecule has 3 rings (SSSR count). The number of hydrazone groups is 1. The van der Waals surface area contributed by atoms with Crippen LogP contribution in [0.5, 0.6) is 0 Å². The number of carbonyl (C=O) groups is 1. The normalized spacial score (nSPS) is 14.7. The Morgan fingerprint density at radius 1 is 1.00 bits per heavy atom. The number of rotatable bonds is 6. The first kappa shape index (κ1) is 22.6. The van der Waals surface area contributed by atoms with E-state index in [2.05, 4.69) is 10.5 Å². The molecule has 2 aromatic carbocycles. The molecule has 9 heteroatoms. The van der Waals surface area contributed by atoms with Crippen molar-refractivity contribution in [1.29, 1.82) is 0 Å². The third-order valence-electron chi connectivity index (χ3n) is 4.82. The average molecular weight is 468 g/mol. The minimum atomic E-state index is -4.04. The maximum atomic E-state index is 13.3. The van der Waals surface area contributed by atoms with Crippen molar-refractivity contribution in [3.8, 4) is 0 Å². The van der Waals surface area contributed by atoms with Gasteiger partial charge >= 0.3 is 0 Å². The minimum absolute atomic E-state index is 0.0545.